The van der Waals surface area contributed by atoms with Crippen LogP contribution in [0.3, 0.4) is 0 Å². The third kappa shape index (κ3) is 3.43. The van der Waals surface area contributed by atoms with Gasteiger partial charge in [0.2, 0.25) is 0 Å². The fraction of sp³-hybridized carbons (Fsp3) is 0.350. The van der Waals surface area contributed by atoms with Crippen LogP contribution in [0.5, 0.6) is 0 Å². The summed E-state index contributed by atoms with van der Waals surface area (Å²) in [5, 5.41) is 18.2. The van der Waals surface area contributed by atoms with Gasteiger partial charge in [0.05, 0.1) is 11.8 Å². The summed E-state index contributed by atoms with van der Waals surface area (Å²) in [6, 6.07) is 16.0. The standard InChI is InChI=1S/C20H22ClN3O/c21-14-6-7-17-16(12-14)19(13-4-2-1-3-5-13)23-18-9-11-22-10-8-15(18)20(25)24-17/h1-7,12,15,18,20,22,24-25H,8-11H2/t15?,18-,20?/m1/s1. The first-order valence-corrected chi connectivity index (χ1v) is 9.18. The zero-order valence-electron chi connectivity index (χ0n) is 14.0. The molecular formula is C20H22ClN3O. The summed E-state index contributed by atoms with van der Waals surface area (Å²) in [4.78, 5) is 5.14. The molecule has 0 radical (unpaired) electrons. The molecule has 2 heterocycles. The van der Waals surface area contributed by atoms with E-state index in [0.717, 1.165) is 48.5 Å². The molecule has 0 saturated carbocycles. The zero-order chi connectivity index (χ0) is 17.2. The number of aliphatic imine (C=N–C) groups is 1. The predicted molar refractivity (Wildman–Crippen MR) is 103 cm³/mol. The maximum absolute atomic E-state index is 10.8. The van der Waals surface area contributed by atoms with E-state index in [2.05, 4.69) is 22.8 Å². The van der Waals surface area contributed by atoms with E-state index in [1.165, 1.54) is 0 Å². The van der Waals surface area contributed by atoms with Gasteiger partial charge in [-0.3, -0.25) is 4.99 Å². The molecule has 5 heteroatoms. The number of hydrogen-bond donors (Lipinski definition) is 3. The van der Waals surface area contributed by atoms with E-state index in [1.54, 1.807) is 0 Å². The second-order valence-electron chi connectivity index (χ2n) is 6.68. The number of anilines is 1. The van der Waals surface area contributed by atoms with Gasteiger partial charge >= 0.3 is 0 Å². The van der Waals surface area contributed by atoms with Crippen LogP contribution in [0.4, 0.5) is 5.69 Å². The van der Waals surface area contributed by atoms with Gasteiger partial charge in [-0.05, 0) is 44.1 Å². The zero-order valence-corrected chi connectivity index (χ0v) is 14.7. The van der Waals surface area contributed by atoms with Gasteiger partial charge in [0, 0.05) is 27.8 Å². The molecule has 0 amide bonds. The minimum Gasteiger partial charge on any atom is -0.373 e. The Bertz CT molecular complexity index is 778. The van der Waals surface area contributed by atoms with Crippen molar-refractivity contribution >= 4 is 23.0 Å². The topological polar surface area (TPSA) is 56.6 Å². The van der Waals surface area contributed by atoms with E-state index in [9.17, 15) is 5.11 Å². The van der Waals surface area contributed by atoms with Crippen LogP contribution in [-0.2, 0) is 0 Å². The highest BCUT2D eigenvalue weighted by molar-refractivity contribution is 6.31. The summed E-state index contributed by atoms with van der Waals surface area (Å²) in [6.07, 6.45) is 1.19. The Kier molecular flexibility index (Phi) is 4.75. The van der Waals surface area contributed by atoms with Crippen molar-refractivity contribution in [1.82, 2.24) is 5.32 Å². The number of halogens is 1. The van der Waals surface area contributed by atoms with Crippen LogP contribution in [-0.4, -0.2) is 36.2 Å². The lowest BCUT2D eigenvalue weighted by molar-refractivity contribution is 0.115. The lowest BCUT2D eigenvalue weighted by atomic mass is 9.90. The molecule has 2 aliphatic heterocycles. The van der Waals surface area contributed by atoms with E-state index in [0.29, 0.717) is 5.02 Å². The van der Waals surface area contributed by atoms with Gasteiger partial charge in [-0.2, -0.15) is 0 Å². The monoisotopic (exact) mass is 355 g/mol. The molecule has 2 aliphatic rings. The normalized spacial score (nSPS) is 26.2. The molecular weight excluding hydrogens is 334 g/mol. The molecule has 1 fully saturated rings. The molecule has 2 unspecified atom stereocenters. The second kappa shape index (κ2) is 7.16. The van der Waals surface area contributed by atoms with Crippen LogP contribution < -0.4 is 10.6 Å². The molecule has 3 N–H and O–H groups in total. The molecule has 3 atom stereocenters. The second-order valence-corrected chi connectivity index (χ2v) is 7.12. The van der Waals surface area contributed by atoms with Crippen LogP contribution in [0.2, 0.25) is 5.02 Å². The number of nitrogens with zero attached hydrogens (tertiary/aromatic N) is 1. The maximum Gasteiger partial charge on any atom is 0.129 e. The van der Waals surface area contributed by atoms with Crippen LogP contribution in [0, 0.1) is 5.92 Å². The van der Waals surface area contributed by atoms with Gasteiger partial charge < -0.3 is 15.7 Å². The molecule has 1 saturated heterocycles. The van der Waals surface area contributed by atoms with Gasteiger partial charge in [-0.25, -0.2) is 0 Å². The van der Waals surface area contributed by atoms with Crippen LogP contribution in [0.25, 0.3) is 0 Å². The van der Waals surface area contributed by atoms with Crippen molar-refractivity contribution in [3.63, 3.8) is 0 Å². The average molecular weight is 356 g/mol. The Morgan fingerprint density at radius 1 is 1.04 bits per heavy atom. The molecule has 4 nitrogen and oxygen atoms in total. The summed E-state index contributed by atoms with van der Waals surface area (Å²) in [5.74, 6) is 0.0811. The van der Waals surface area contributed by atoms with Crippen LogP contribution in [0.15, 0.2) is 53.5 Å². The highest BCUT2D eigenvalue weighted by Crippen LogP contribution is 2.32. The van der Waals surface area contributed by atoms with Crippen molar-refractivity contribution in [1.29, 1.82) is 0 Å². The Balaban J connectivity index is 1.89. The molecule has 0 aromatic heterocycles. The number of nitrogens with one attached hydrogen (secondary N) is 2. The van der Waals surface area contributed by atoms with Gasteiger partial charge in [-0.1, -0.05) is 41.9 Å². The highest BCUT2D eigenvalue weighted by atomic mass is 35.5. The summed E-state index contributed by atoms with van der Waals surface area (Å²) in [7, 11) is 0. The van der Waals surface area contributed by atoms with E-state index in [4.69, 9.17) is 16.6 Å². The molecule has 2 aromatic rings. The number of fused-ring (bicyclic) bond motifs is 2. The minimum absolute atomic E-state index is 0.0693. The van der Waals surface area contributed by atoms with Crippen LogP contribution >= 0.6 is 11.6 Å². The smallest absolute Gasteiger partial charge is 0.129 e. The number of benzene rings is 2. The Labute approximate surface area is 152 Å². The fourth-order valence-electron chi connectivity index (χ4n) is 3.74. The van der Waals surface area contributed by atoms with E-state index in [-0.39, 0.29) is 12.0 Å². The highest BCUT2D eigenvalue weighted by Gasteiger charge is 2.32. The van der Waals surface area contributed by atoms with Crippen molar-refractivity contribution in [3.05, 3.63) is 64.7 Å². The largest absolute Gasteiger partial charge is 0.373 e. The average Bonchev–Trinajstić information content (AvgIpc) is 2.86. The Morgan fingerprint density at radius 2 is 1.84 bits per heavy atom. The van der Waals surface area contributed by atoms with Gasteiger partial charge in [0.15, 0.2) is 0 Å². The van der Waals surface area contributed by atoms with Crippen LogP contribution in [0.1, 0.15) is 24.0 Å². The molecule has 2 aromatic carbocycles. The molecule has 4 rings (SSSR count). The summed E-state index contributed by atoms with van der Waals surface area (Å²) in [6.45, 7) is 1.82. The fourth-order valence-corrected chi connectivity index (χ4v) is 3.92. The van der Waals surface area contributed by atoms with Crippen molar-refractivity contribution in [2.75, 3.05) is 18.4 Å². The van der Waals surface area contributed by atoms with Gasteiger partial charge in [0.1, 0.15) is 6.23 Å². The van der Waals surface area contributed by atoms with Crippen molar-refractivity contribution in [2.45, 2.75) is 25.1 Å². The van der Waals surface area contributed by atoms with Crippen molar-refractivity contribution in [2.24, 2.45) is 10.9 Å². The number of aliphatic hydroxyl groups excluding tert-OH is 1. The Hall–Kier alpha value is -1.88. The van der Waals surface area contributed by atoms with Crippen molar-refractivity contribution in [3.8, 4) is 0 Å². The third-order valence-corrected chi connectivity index (χ3v) is 5.29. The first kappa shape index (κ1) is 16.6. The summed E-state index contributed by atoms with van der Waals surface area (Å²) < 4.78 is 0. The van der Waals surface area contributed by atoms with Gasteiger partial charge in [0.25, 0.3) is 0 Å². The quantitative estimate of drug-likeness (QED) is 0.735. The number of rotatable bonds is 1. The molecule has 25 heavy (non-hydrogen) atoms. The van der Waals surface area contributed by atoms with Gasteiger partial charge in [-0.15, -0.1) is 0 Å². The maximum atomic E-state index is 10.8. The van der Waals surface area contributed by atoms with E-state index in [1.807, 2.05) is 36.4 Å². The first-order chi connectivity index (χ1) is 12.2. The molecule has 0 aliphatic carbocycles. The third-order valence-electron chi connectivity index (χ3n) is 5.05. The lowest BCUT2D eigenvalue weighted by Gasteiger charge is -2.32. The summed E-state index contributed by atoms with van der Waals surface area (Å²) >= 11 is 6.27. The Morgan fingerprint density at radius 3 is 2.68 bits per heavy atom. The van der Waals surface area contributed by atoms with E-state index >= 15 is 0 Å². The molecule has 130 valence electrons. The predicted octanol–water partition coefficient (Wildman–Crippen LogP) is 3.29. The van der Waals surface area contributed by atoms with Crippen molar-refractivity contribution < 1.29 is 5.11 Å². The van der Waals surface area contributed by atoms with E-state index < -0.39 is 6.23 Å². The molecule has 0 bridgehead atoms. The SMILES string of the molecule is OC1Nc2ccc(Cl)cc2C(c2ccccc2)=N[C@@H]2CCNCCC12. The molecule has 0 spiro atoms. The number of hydrogen-bond acceptors (Lipinski definition) is 4. The minimum atomic E-state index is -0.620. The number of aliphatic hydroxyl groups is 1. The lowest BCUT2D eigenvalue weighted by Crippen LogP contribution is -2.38. The first-order valence-electron chi connectivity index (χ1n) is 8.81. The summed E-state index contributed by atoms with van der Waals surface area (Å²) in [5.41, 5.74) is 3.82.